The van der Waals surface area contributed by atoms with Crippen molar-refractivity contribution in [2.24, 2.45) is 17.8 Å². The van der Waals surface area contributed by atoms with E-state index >= 15 is 0 Å². The van der Waals surface area contributed by atoms with Crippen LogP contribution < -0.4 is 0 Å². The van der Waals surface area contributed by atoms with E-state index in [-0.39, 0.29) is 36.8 Å². The van der Waals surface area contributed by atoms with Crippen molar-refractivity contribution in [3.05, 3.63) is 25.3 Å². The molecule has 1 spiro atoms. The van der Waals surface area contributed by atoms with Crippen LogP contribution in [0.4, 0.5) is 0 Å². The quantitative estimate of drug-likeness (QED) is 0.553. The van der Waals surface area contributed by atoms with Gasteiger partial charge in [-0.1, -0.05) is 19.1 Å². The van der Waals surface area contributed by atoms with Gasteiger partial charge in [0.15, 0.2) is 0 Å². The van der Waals surface area contributed by atoms with Gasteiger partial charge in [0.2, 0.25) is 17.7 Å². The lowest BCUT2D eigenvalue weighted by atomic mass is 9.62. The number of likely N-dealkylation sites (tertiary alicyclic amines) is 1. The van der Waals surface area contributed by atoms with Crippen molar-refractivity contribution in [3.8, 4) is 0 Å². The maximum atomic E-state index is 14.1. The molecule has 8 heteroatoms. The summed E-state index contributed by atoms with van der Waals surface area (Å²) in [6, 6.07) is -0.909. The molecule has 3 heterocycles. The minimum Gasteiger partial charge on any atom is -0.395 e. The highest BCUT2D eigenvalue weighted by molar-refractivity contribution is 5.99. The monoisotopic (exact) mass is 461 g/mol. The second-order valence-electron chi connectivity index (χ2n) is 10.9. The van der Waals surface area contributed by atoms with E-state index in [4.69, 9.17) is 4.74 Å². The first kappa shape index (κ1) is 25.4. The lowest BCUT2D eigenvalue weighted by molar-refractivity contribution is -0.157. The summed E-state index contributed by atoms with van der Waals surface area (Å²) >= 11 is 0. The Balaban J connectivity index is 2.14. The minimum absolute atomic E-state index is 0.0113. The van der Waals surface area contributed by atoms with Crippen LogP contribution in [0.3, 0.4) is 0 Å². The van der Waals surface area contributed by atoms with E-state index in [2.05, 4.69) is 13.2 Å². The van der Waals surface area contributed by atoms with E-state index in [1.807, 2.05) is 34.6 Å². The predicted molar refractivity (Wildman–Crippen MR) is 125 cm³/mol. The van der Waals surface area contributed by atoms with E-state index in [0.29, 0.717) is 19.5 Å². The van der Waals surface area contributed by atoms with Crippen molar-refractivity contribution in [2.45, 2.75) is 63.8 Å². The molecule has 6 atom stereocenters. The lowest BCUT2D eigenvalue weighted by Gasteiger charge is -2.42. The highest BCUT2D eigenvalue weighted by Gasteiger charge is 2.80. The molecule has 33 heavy (non-hydrogen) atoms. The van der Waals surface area contributed by atoms with E-state index in [1.165, 1.54) is 4.90 Å². The van der Waals surface area contributed by atoms with Gasteiger partial charge in [0.1, 0.15) is 11.6 Å². The number of carbonyl (C=O) groups is 3. The molecule has 3 saturated heterocycles. The zero-order chi connectivity index (χ0) is 24.9. The van der Waals surface area contributed by atoms with E-state index < -0.39 is 34.6 Å². The molecule has 0 aromatic heterocycles. The Bertz CT molecular complexity index is 851. The van der Waals surface area contributed by atoms with Crippen LogP contribution in [0.1, 0.15) is 41.0 Å². The van der Waals surface area contributed by atoms with Crippen LogP contribution >= 0.6 is 0 Å². The summed E-state index contributed by atoms with van der Waals surface area (Å²) in [5, 5.41) is 9.75. The first-order chi connectivity index (χ1) is 15.3. The molecular formula is C25H39N3O5. The van der Waals surface area contributed by atoms with Crippen molar-refractivity contribution < 1.29 is 24.2 Å². The van der Waals surface area contributed by atoms with Crippen molar-refractivity contribution in [1.82, 2.24) is 14.7 Å². The molecule has 3 amide bonds. The number of amides is 3. The van der Waals surface area contributed by atoms with Gasteiger partial charge in [-0.05, 0) is 40.0 Å². The van der Waals surface area contributed by atoms with Gasteiger partial charge < -0.3 is 24.5 Å². The Morgan fingerprint density at radius 2 is 1.85 bits per heavy atom. The fourth-order valence-electron chi connectivity index (χ4n) is 6.23. The molecule has 2 bridgehead atoms. The van der Waals surface area contributed by atoms with Gasteiger partial charge in [-0.3, -0.25) is 14.4 Å². The zero-order valence-corrected chi connectivity index (χ0v) is 20.8. The number of nitrogens with zero attached hydrogens (tertiary/aromatic N) is 3. The first-order valence-corrected chi connectivity index (χ1v) is 11.7. The molecule has 3 aliphatic rings. The number of hydrogen-bond donors (Lipinski definition) is 1. The van der Waals surface area contributed by atoms with Crippen molar-refractivity contribution >= 4 is 17.7 Å². The summed E-state index contributed by atoms with van der Waals surface area (Å²) in [5.74, 6) is -2.23. The van der Waals surface area contributed by atoms with Crippen molar-refractivity contribution in [1.29, 1.82) is 0 Å². The molecule has 184 valence electrons. The summed E-state index contributed by atoms with van der Waals surface area (Å²) in [6.07, 6.45) is 3.81. The zero-order valence-electron chi connectivity index (χ0n) is 20.8. The number of ether oxygens (including phenoxy) is 1. The van der Waals surface area contributed by atoms with Crippen LogP contribution in [0.25, 0.3) is 0 Å². The number of hydrogen-bond acceptors (Lipinski definition) is 5. The Morgan fingerprint density at radius 3 is 2.36 bits per heavy atom. The molecule has 0 radical (unpaired) electrons. The van der Waals surface area contributed by atoms with Gasteiger partial charge in [-0.25, -0.2) is 0 Å². The summed E-state index contributed by atoms with van der Waals surface area (Å²) in [5.41, 5.74) is -2.49. The number of β-amino-alcohol motifs (C(OH)–C–C–N with tert-alkyl or cyclic N) is 1. The maximum absolute atomic E-state index is 14.1. The Labute approximate surface area is 197 Å². The molecular weight excluding hydrogens is 422 g/mol. The summed E-state index contributed by atoms with van der Waals surface area (Å²) < 4.78 is 6.68. The minimum atomic E-state index is -1.11. The number of aliphatic hydroxyl groups is 1. The molecule has 3 aliphatic heterocycles. The van der Waals surface area contributed by atoms with Gasteiger partial charge in [0.05, 0.1) is 24.0 Å². The summed E-state index contributed by atoms with van der Waals surface area (Å²) in [7, 11) is 1.69. The average Bonchev–Trinajstić information content (AvgIpc) is 3.22. The number of aliphatic hydroxyl groups excluding tert-OH is 1. The Morgan fingerprint density at radius 1 is 1.24 bits per heavy atom. The lowest BCUT2D eigenvalue weighted by Crippen LogP contribution is -2.60. The van der Waals surface area contributed by atoms with Crippen LogP contribution in [0.2, 0.25) is 0 Å². The van der Waals surface area contributed by atoms with Gasteiger partial charge in [0, 0.05) is 32.2 Å². The third-order valence-electron chi connectivity index (χ3n) is 7.82. The normalized spacial score (nSPS) is 34.9. The number of likely N-dealkylation sites (N-methyl/N-ethyl adjacent to an activating group) is 1. The molecule has 0 aromatic rings. The maximum Gasteiger partial charge on any atom is 0.249 e. The van der Waals surface area contributed by atoms with Gasteiger partial charge >= 0.3 is 0 Å². The SMILES string of the molecule is C=CCN(C)C(=O)[C@@H]1[C@H]2C(=O)N(CCO)C(C(=O)N(CC=C)C(C)(C)C)C23CC(C)[C@@]1(C)O3. The third kappa shape index (κ3) is 3.62. The van der Waals surface area contributed by atoms with Crippen LogP contribution in [0, 0.1) is 17.8 Å². The fraction of sp³-hybridized carbons (Fsp3) is 0.720. The Kier molecular flexibility index (Phi) is 6.59. The van der Waals surface area contributed by atoms with Crippen LogP contribution in [0.15, 0.2) is 25.3 Å². The Hall–Kier alpha value is -2.19. The molecule has 3 rings (SSSR count). The standard InChI is InChI=1S/C25H39N3O5/c1-9-11-26(8)20(30)17-18-21(31)27(13-14-29)19(22(32)28(12-10-2)23(4,5)6)25(18)15-16(3)24(17,7)33-25/h9-10,16-19,29H,1-2,11-15H2,3-8H3/t16?,17-,18-,19?,24+,25?/m0/s1. The molecule has 0 aromatic carbocycles. The molecule has 0 saturated carbocycles. The number of rotatable bonds is 8. The van der Waals surface area contributed by atoms with E-state index in [9.17, 15) is 19.5 Å². The van der Waals surface area contributed by atoms with Crippen LogP contribution in [-0.4, -0.2) is 93.6 Å². The third-order valence-corrected chi connectivity index (χ3v) is 7.82. The van der Waals surface area contributed by atoms with Gasteiger partial charge in [-0.2, -0.15) is 0 Å². The summed E-state index contributed by atoms with van der Waals surface area (Å²) in [4.78, 5) is 46.1. The van der Waals surface area contributed by atoms with Crippen LogP contribution in [-0.2, 0) is 19.1 Å². The van der Waals surface area contributed by atoms with Crippen LogP contribution in [0.5, 0.6) is 0 Å². The molecule has 0 aliphatic carbocycles. The highest BCUT2D eigenvalue weighted by atomic mass is 16.5. The van der Waals surface area contributed by atoms with Gasteiger partial charge in [-0.15, -0.1) is 13.2 Å². The second kappa shape index (κ2) is 8.55. The highest BCUT2D eigenvalue weighted by Crippen LogP contribution is 2.65. The van der Waals surface area contributed by atoms with Crippen molar-refractivity contribution in [3.63, 3.8) is 0 Å². The molecule has 3 unspecified atom stereocenters. The number of fused-ring (bicyclic) bond motifs is 1. The van der Waals surface area contributed by atoms with Gasteiger partial charge in [0.25, 0.3) is 0 Å². The first-order valence-electron chi connectivity index (χ1n) is 11.7. The average molecular weight is 462 g/mol. The predicted octanol–water partition coefficient (Wildman–Crippen LogP) is 1.45. The molecule has 1 N–H and O–H groups in total. The van der Waals surface area contributed by atoms with E-state index in [0.717, 1.165) is 0 Å². The fourth-order valence-corrected chi connectivity index (χ4v) is 6.23. The van der Waals surface area contributed by atoms with Crippen molar-refractivity contribution in [2.75, 3.05) is 33.3 Å². The molecule has 3 fully saturated rings. The van der Waals surface area contributed by atoms with E-state index in [1.54, 1.807) is 29.0 Å². The molecule has 8 nitrogen and oxygen atoms in total. The topological polar surface area (TPSA) is 90.4 Å². The summed E-state index contributed by atoms with van der Waals surface area (Å²) in [6.45, 7) is 17.6. The number of carbonyl (C=O) groups excluding carboxylic acids is 3. The smallest absolute Gasteiger partial charge is 0.249 e. The largest absolute Gasteiger partial charge is 0.395 e. The second-order valence-corrected chi connectivity index (χ2v) is 10.9.